The van der Waals surface area contributed by atoms with Crippen LogP contribution in [0.4, 0.5) is 0 Å². The third-order valence-corrected chi connectivity index (χ3v) is 2.45. The van der Waals surface area contributed by atoms with Gasteiger partial charge in [-0.2, -0.15) is 0 Å². The van der Waals surface area contributed by atoms with Crippen molar-refractivity contribution in [3.63, 3.8) is 0 Å². The Morgan fingerprint density at radius 3 is 2.93 bits per heavy atom. The van der Waals surface area contributed by atoms with Gasteiger partial charge in [0.05, 0.1) is 0 Å². The molecule has 0 atom stereocenters. The predicted molar refractivity (Wildman–Crippen MR) is 62.8 cm³/mol. The van der Waals surface area contributed by atoms with Crippen LogP contribution in [0, 0.1) is 0 Å². The van der Waals surface area contributed by atoms with Crippen molar-refractivity contribution in [2.45, 2.75) is 26.7 Å². The van der Waals surface area contributed by atoms with Crippen LogP contribution >= 0.6 is 0 Å². The van der Waals surface area contributed by atoms with Crippen molar-refractivity contribution in [1.29, 1.82) is 0 Å². The fraction of sp³-hybridized carbons (Fsp3) is 0.385. The molecule has 1 nitrogen and oxygen atoms in total. The first-order chi connectivity index (χ1) is 6.79. The summed E-state index contributed by atoms with van der Waals surface area (Å²) in [5.41, 5.74) is 2.61. The van der Waals surface area contributed by atoms with Gasteiger partial charge in [-0.1, -0.05) is 24.8 Å². The molecule has 0 aliphatic heterocycles. The summed E-state index contributed by atoms with van der Waals surface area (Å²) in [5, 5.41) is 0. The SMILES string of the molecule is C=CN(CC)C1=C/C=C\CC/C=C\1C. The molecular formula is C13H19N. The van der Waals surface area contributed by atoms with Crippen molar-refractivity contribution >= 4 is 0 Å². The molecule has 1 aliphatic rings. The molecule has 0 aromatic heterocycles. The maximum atomic E-state index is 3.83. The highest BCUT2D eigenvalue weighted by Crippen LogP contribution is 2.18. The fourth-order valence-electron chi connectivity index (χ4n) is 1.61. The number of allylic oxidation sites excluding steroid dienone is 5. The van der Waals surface area contributed by atoms with E-state index in [-0.39, 0.29) is 0 Å². The van der Waals surface area contributed by atoms with Crippen LogP contribution in [0.5, 0.6) is 0 Å². The molecule has 1 rings (SSSR count). The van der Waals surface area contributed by atoms with Crippen molar-refractivity contribution in [1.82, 2.24) is 4.90 Å². The zero-order valence-electron chi connectivity index (χ0n) is 9.16. The highest BCUT2D eigenvalue weighted by Gasteiger charge is 2.05. The van der Waals surface area contributed by atoms with Crippen LogP contribution in [-0.4, -0.2) is 11.4 Å². The van der Waals surface area contributed by atoms with Crippen LogP contribution in [0.25, 0.3) is 0 Å². The Bertz CT molecular complexity index is 282. The second kappa shape index (κ2) is 5.48. The number of hydrogen-bond donors (Lipinski definition) is 0. The van der Waals surface area contributed by atoms with Gasteiger partial charge in [-0.15, -0.1) is 0 Å². The molecule has 0 bridgehead atoms. The Morgan fingerprint density at radius 2 is 2.29 bits per heavy atom. The first-order valence-electron chi connectivity index (χ1n) is 5.22. The van der Waals surface area contributed by atoms with E-state index in [0.29, 0.717) is 0 Å². The van der Waals surface area contributed by atoms with E-state index < -0.39 is 0 Å². The summed E-state index contributed by atoms with van der Waals surface area (Å²) < 4.78 is 0. The summed E-state index contributed by atoms with van der Waals surface area (Å²) in [6.45, 7) is 9.10. The average molecular weight is 189 g/mol. The molecule has 0 spiro atoms. The standard InChI is InChI=1S/C13H19N/c1-4-14(5-2)13-11-9-7-6-8-10-12(13)3/h4,7,9-11H,1,5-6,8H2,2-3H3/b9-7-,12-10-,13-11+. The minimum atomic E-state index is 0.967. The Balaban J connectivity index is 2.95. The Labute approximate surface area is 87.1 Å². The molecule has 76 valence electrons. The quantitative estimate of drug-likeness (QED) is 0.655. The van der Waals surface area contributed by atoms with E-state index in [1.165, 1.54) is 11.3 Å². The van der Waals surface area contributed by atoms with E-state index in [4.69, 9.17) is 0 Å². The van der Waals surface area contributed by atoms with Gasteiger partial charge >= 0.3 is 0 Å². The number of nitrogens with zero attached hydrogens (tertiary/aromatic N) is 1. The molecule has 1 heteroatoms. The summed E-state index contributed by atoms with van der Waals surface area (Å²) in [6.07, 6.45) is 13.0. The summed E-state index contributed by atoms with van der Waals surface area (Å²) in [4.78, 5) is 2.17. The zero-order chi connectivity index (χ0) is 10.4. The summed E-state index contributed by atoms with van der Waals surface area (Å²) >= 11 is 0. The minimum Gasteiger partial charge on any atom is -0.349 e. The molecule has 0 aromatic carbocycles. The largest absolute Gasteiger partial charge is 0.349 e. The normalized spacial score (nSPS) is 26.1. The monoisotopic (exact) mass is 189 g/mol. The molecule has 14 heavy (non-hydrogen) atoms. The van der Waals surface area contributed by atoms with Crippen LogP contribution in [-0.2, 0) is 0 Å². The van der Waals surface area contributed by atoms with Crippen LogP contribution in [0.3, 0.4) is 0 Å². The lowest BCUT2D eigenvalue weighted by molar-refractivity contribution is 0.500. The van der Waals surface area contributed by atoms with Crippen molar-refractivity contribution in [3.05, 3.63) is 48.4 Å². The van der Waals surface area contributed by atoms with Gasteiger partial charge in [0.25, 0.3) is 0 Å². The van der Waals surface area contributed by atoms with E-state index in [9.17, 15) is 0 Å². The number of rotatable bonds is 3. The molecule has 0 aromatic rings. The molecule has 0 N–H and O–H groups in total. The van der Waals surface area contributed by atoms with Gasteiger partial charge in [0.15, 0.2) is 0 Å². The average Bonchev–Trinajstić information content (AvgIpc) is 2.18. The molecule has 0 heterocycles. The lowest BCUT2D eigenvalue weighted by atomic mass is 10.1. The molecular weight excluding hydrogens is 170 g/mol. The van der Waals surface area contributed by atoms with Gasteiger partial charge < -0.3 is 4.90 Å². The first-order valence-corrected chi connectivity index (χ1v) is 5.22. The molecule has 0 radical (unpaired) electrons. The Morgan fingerprint density at radius 1 is 1.50 bits per heavy atom. The van der Waals surface area contributed by atoms with Crippen LogP contribution in [0.2, 0.25) is 0 Å². The molecule has 0 saturated heterocycles. The van der Waals surface area contributed by atoms with E-state index in [1.54, 1.807) is 0 Å². The lowest BCUT2D eigenvalue weighted by Crippen LogP contribution is -2.16. The van der Waals surface area contributed by atoms with Crippen LogP contribution < -0.4 is 0 Å². The van der Waals surface area contributed by atoms with Gasteiger partial charge in [-0.05, 0) is 44.5 Å². The second-order valence-corrected chi connectivity index (χ2v) is 3.41. The molecule has 0 saturated carbocycles. The van der Waals surface area contributed by atoms with Crippen molar-refractivity contribution < 1.29 is 0 Å². The smallest absolute Gasteiger partial charge is 0.0432 e. The molecule has 1 aliphatic carbocycles. The van der Waals surface area contributed by atoms with Gasteiger partial charge in [0.1, 0.15) is 0 Å². The van der Waals surface area contributed by atoms with Crippen molar-refractivity contribution in [2.75, 3.05) is 6.54 Å². The van der Waals surface area contributed by atoms with Crippen molar-refractivity contribution in [3.8, 4) is 0 Å². The summed E-state index contributed by atoms with van der Waals surface area (Å²) in [5.74, 6) is 0. The maximum Gasteiger partial charge on any atom is 0.0432 e. The molecule has 0 unspecified atom stereocenters. The lowest BCUT2D eigenvalue weighted by Gasteiger charge is -2.22. The van der Waals surface area contributed by atoms with E-state index in [1.807, 2.05) is 6.20 Å². The minimum absolute atomic E-state index is 0.967. The van der Waals surface area contributed by atoms with Gasteiger partial charge in [-0.3, -0.25) is 0 Å². The fourth-order valence-corrected chi connectivity index (χ4v) is 1.61. The van der Waals surface area contributed by atoms with Crippen molar-refractivity contribution in [2.24, 2.45) is 0 Å². The highest BCUT2D eigenvalue weighted by molar-refractivity contribution is 5.33. The predicted octanol–water partition coefficient (Wildman–Crippen LogP) is 3.63. The molecule has 0 fully saturated rings. The second-order valence-electron chi connectivity index (χ2n) is 3.41. The highest BCUT2D eigenvalue weighted by atomic mass is 15.1. The topological polar surface area (TPSA) is 3.24 Å². The van der Waals surface area contributed by atoms with E-state index >= 15 is 0 Å². The van der Waals surface area contributed by atoms with E-state index in [2.05, 4.69) is 49.6 Å². The summed E-state index contributed by atoms with van der Waals surface area (Å²) in [6, 6.07) is 0. The van der Waals surface area contributed by atoms with Gasteiger partial charge in [-0.25, -0.2) is 0 Å². The third-order valence-electron chi connectivity index (χ3n) is 2.45. The van der Waals surface area contributed by atoms with E-state index in [0.717, 1.165) is 19.4 Å². The maximum absolute atomic E-state index is 3.83. The van der Waals surface area contributed by atoms with Gasteiger partial charge in [0.2, 0.25) is 0 Å². The number of hydrogen-bond acceptors (Lipinski definition) is 1. The Kier molecular flexibility index (Phi) is 4.24. The third kappa shape index (κ3) is 2.63. The molecule has 0 amide bonds. The van der Waals surface area contributed by atoms with Gasteiger partial charge in [0, 0.05) is 12.2 Å². The zero-order valence-corrected chi connectivity index (χ0v) is 9.16. The van der Waals surface area contributed by atoms with Crippen LogP contribution in [0.1, 0.15) is 26.7 Å². The Hall–Kier alpha value is -1.24. The van der Waals surface area contributed by atoms with Crippen LogP contribution in [0.15, 0.2) is 48.4 Å². The summed E-state index contributed by atoms with van der Waals surface area (Å²) in [7, 11) is 0. The first kappa shape index (κ1) is 10.8. The number of likely N-dealkylation sites (N-methyl/N-ethyl adjacent to an activating group) is 1.